The lowest BCUT2D eigenvalue weighted by atomic mass is 10.3. The zero-order valence-corrected chi connectivity index (χ0v) is 14.5. The maximum absolute atomic E-state index is 12.8. The Bertz CT molecular complexity index is 707. The van der Waals surface area contributed by atoms with E-state index >= 15 is 0 Å². The molecule has 2 rings (SSSR count). The van der Waals surface area contributed by atoms with Gasteiger partial charge >= 0.3 is 0 Å². The summed E-state index contributed by atoms with van der Waals surface area (Å²) in [5.41, 5.74) is 0. The van der Waals surface area contributed by atoms with Crippen LogP contribution in [0.3, 0.4) is 0 Å². The molecule has 0 fully saturated rings. The highest BCUT2D eigenvalue weighted by atomic mass is 19.1. The second-order valence-electron chi connectivity index (χ2n) is 5.50. The predicted octanol–water partition coefficient (Wildman–Crippen LogP) is 1.86. The average Bonchev–Trinajstić information content (AvgIpc) is 2.66. The van der Waals surface area contributed by atoms with Crippen LogP contribution in [-0.4, -0.2) is 50.1 Å². The summed E-state index contributed by atoms with van der Waals surface area (Å²) < 4.78 is 23.5. The third-order valence-electron chi connectivity index (χ3n) is 3.48. The first-order valence-corrected chi connectivity index (χ1v) is 8.11. The number of hydrogen-bond acceptors (Lipinski definition) is 4. The van der Waals surface area contributed by atoms with E-state index in [0.717, 1.165) is 0 Å². The van der Waals surface area contributed by atoms with E-state index in [9.17, 15) is 14.0 Å². The molecular formula is C19H21FN2O4. The molecule has 0 radical (unpaired) electrons. The van der Waals surface area contributed by atoms with Crippen LogP contribution < -0.4 is 14.8 Å². The predicted molar refractivity (Wildman–Crippen MR) is 94.5 cm³/mol. The van der Waals surface area contributed by atoms with Crippen LogP contribution >= 0.6 is 0 Å². The molecule has 0 bridgehead atoms. The van der Waals surface area contributed by atoms with E-state index in [2.05, 4.69) is 5.32 Å². The molecule has 1 N–H and O–H groups in total. The Balaban J connectivity index is 1.61. The van der Waals surface area contributed by atoms with Crippen LogP contribution in [0.1, 0.15) is 0 Å². The molecule has 0 aliphatic rings. The molecule has 7 heteroatoms. The standard InChI is InChI=1S/C19H21FN2O4/c1-22(11-12-25-17-9-7-15(20)8-10-17)19(24)13-21-18(23)14-26-16-5-3-2-4-6-16/h2-10H,11-14H2,1H3,(H,21,23). The highest BCUT2D eigenvalue weighted by Gasteiger charge is 2.11. The molecule has 0 aliphatic carbocycles. The topological polar surface area (TPSA) is 67.9 Å². The number of amides is 2. The monoisotopic (exact) mass is 360 g/mol. The SMILES string of the molecule is CN(CCOc1ccc(F)cc1)C(=O)CNC(=O)COc1ccccc1. The van der Waals surface area contributed by atoms with E-state index in [1.165, 1.54) is 29.2 Å². The Morgan fingerprint density at radius 3 is 2.35 bits per heavy atom. The van der Waals surface area contributed by atoms with Crippen molar-refractivity contribution < 1.29 is 23.5 Å². The first-order chi connectivity index (χ1) is 12.5. The molecule has 0 saturated carbocycles. The van der Waals surface area contributed by atoms with Crippen molar-refractivity contribution in [3.63, 3.8) is 0 Å². The minimum absolute atomic E-state index is 0.121. The molecule has 2 aromatic rings. The fourth-order valence-electron chi connectivity index (χ4n) is 1.98. The van der Waals surface area contributed by atoms with Crippen molar-refractivity contribution in [2.24, 2.45) is 0 Å². The highest BCUT2D eigenvalue weighted by molar-refractivity contribution is 5.85. The van der Waals surface area contributed by atoms with Crippen LogP contribution in [0.5, 0.6) is 11.5 Å². The van der Waals surface area contributed by atoms with Gasteiger partial charge in [-0.2, -0.15) is 0 Å². The molecule has 0 saturated heterocycles. The summed E-state index contributed by atoms with van der Waals surface area (Å²) in [5, 5.41) is 2.51. The Hall–Kier alpha value is -3.09. The first-order valence-electron chi connectivity index (χ1n) is 8.11. The van der Waals surface area contributed by atoms with Gasteiger partial charge in [-0.15, -0.1) is 0 Å². The van der Waals surface area contributed by atoms with E-state index in [0.29, 0.717) is 18.0 Å². The van der Waals surface area contributed by atoms with Gasteiger partial charge < -0.3 is 19.7 Å². The van der Waals surface area contributed by atoms with Crippen LogP contribution in [0.15, 0.2) is 54.6 Å². The second-order valence-corrected chi connectivity index (χ2v) is 5.50. The summed E-state index contributed by atoms with van der Waals surface area (Å²) in [4.78, 5) is 25.1. The van der Waals surface area contributed by atoms with Crippen LogP contribution in [0, 0.1) is 5.82 Å². The molecule has 0 spiro atoms. The molecule has 0 aliphatic heterocycles. The van der Waals surface area contributed by atoms with Crippen molar-refractivity contribution in [3.05, 3.63) is 60.4 Å². The fourth-order valence-corrected chi connectivity index (χ4v) is 1.98. The quantitative estimate of drug-likeness (QED) is 0.741. The number of benzene rings is 2. The summed E-state index contributed by atoms with van der Waals surface area (Å²) in [6.45, 7) is 0.324. The summed E-state index contributed by atoms with van der Waals surface area (Å²) in [5.74, 6) is 0.151. The third-order valence-corrected chi connectivity index (χ3v) is 3.48. The Morgan fingerprint density at radius 2 is 1.65 bits per heavy atom. The minimum Gasteiger partial charge on any atom is -0.492 e. The van der Waals surface area contributed by atoms with Crippen molar-refractivity contribution in [1.29, 1.82) is 0 Å². The summed E-state index contributed by atoms with van der Waals surface area (Å²) in [7, 11) is 1.61. The Labute approximate surface area is 151 Å². The molecule has 0 heterocycles. The lowest BCUT2D eigenvalue weighted by Crippen LogP contribution is -2.41. The van der Waals surface area contributed by atoms with Gasteiger partial charge in [-0.1, -0.05) is 18.2 Å². The molecule has 26 heavy (non-hydrogen) atoms. The number of rotatable bonds is 9. The van der Waals surface area contributed by atoms with Crippen molar-refractivity contribution in [2.45, 2.75) is 0 Å². The van der Waals surface area contributed by atoms with E-state index in [1.807, 2.05) is 6.07 Å². The van der Waals surface area contributed by atoms with Crippen LogP contribution in [0.25, 0.3) is 0 Å². The third kappa shape index (κ3) is 6.80. The van der Waals surface area contributed by atoms with Crippen LogP contribution in [0.2, 0.25) is 0 Å². The summed E-state index contributed by atoms with van der Waals surface area (Å²) in [6.07, 6.45) is 0. The fraction of sp³-hybridized carbons (Fsp3) is 0.263. The number of carbonyl (C=O) groups is 2. The maximum Gasteiger partial charge on any atom is 0.258 e. The average molecular weight is 360 g/mol. The lowest BCUT2D eigenvalue weighted by Gasteiger charge is -2.18. The van der Waals surface area contributed by atoms with E-state index in [4.69, 9.17) is 9.47 Å². The molecule has 0 unspecified atom stereocenters. The molecule has 0 aromatic heterocycles. The summed E-state index contributed by atoms with van der Waals surface area (Å²) >= 11 is 0. The molecule has 0 atom stereocenters. The van der Waals surface area contributed by atoms with Gasteiger partial charge in [0.25, 0.3) is 5.91 Å². The van der Waals surface area contributed by atoms with Crippen molar-refractivity contribution in [1.82, 2.24) is 10.2 Å². The van der Waals surface area contributed by atoms with Gasteiger partial charge in [-0.3, -0.25) is 9.59 Å². The van der Waals surface area contributed by atoms with Gasteiger partial charge in [-0.05, 0) is 36.4 Å². The number of hydrogen-bond donors (Lipinski definition) is 1. The number of ether oxygens (including phenoxy) is 2. The molecule has 2 aromatic carbocycles. The number of para-hydroxylation sites is 1. The lowest BCUT2D eigenvalue weighted by molar-refractivity contribution is -0.132. The van der Waals surface area contributed by atoms with Gasteiger partial charge in [0.05, 0.1) is 13.1 Å². The molecule has 2 amide bonds. The molecule has 138 valence electrons. The minimum atomic E-state index is -0.377. The van der Waals surface area contributed by atoms with Crippen molar-refractivity contribution in [3.8, 4) is 11.5 Å². The molecular weight excluding hydrogens is 339 g/mol. The number of halogens is 1. The maximum atomic E-state index is 12.8. The smallest absolute Gasteiger partial charge is 0.258 e. The van der Waals surface area contributed by atoms with Gasteiger partial charge in [0.15, 0.2) is 6.61 Å². The number of nitrogens with one attached hydrogen (secondary N) is 1. The highest BCUT2D eigenvalue weighted by Crippen LogP contribution is 2.10. The van der Waals surface area contributed by atoms with Crippen LogP contribution in [0.4, 0.5) is 4.39 Å². The largest absolute Gasteiger partial charge is 0.492 e. The first kappa shape index (κ1) is 19.2. The zero-order valence-electron chi connectivity index (χ0n) is 14.5. The second kappa shape index (κ2) is 10.0. The molecule has 6 nitrogen and oxygen atoms in total. The zero-order chi connectivity index (χ0) is 18.8. The van der Waals surface area contributed by atoms with Gasteiger partial charge in [-0.25, -0.2) is 4.39 Å². The van der Waals surface area contributed by atoms with Gasteiger partial charge in [0, 0.05) is 7.05 Å². The van der Waals surface area contributed by atoms with Crippen molar-refractivity contribution in [2.75, 3.05) is 33.4 Å². The van der Waals surface area contributed by atoms with Crippen molar-refractivity contribution >= 4 is 11.8 Å². The van der Waals surface area contributed by atoms with E-state index in [1.54, 1.807) is 31.3 Å². The number of likely N-dealkylation sites (N-methyl/N-ethyl adjacent to an activating group) is 1. The van der Waals surface area contributed by atoms with Gasteiger partial charge in [0.1, 0.15) is 23.9 Å². The Kier molecular flexibility index (Phi) is 7.42. The van der Waals surface area contributed by atoms with E-state index in [-0.39, 0.29) is 37.4 Å². The normalized spacial score (nSPS) is 10.1. The summed E-state index contributed by atoms with van der Waals surface area (Å²) in [6, 6.07) is 14.6. The number of nitrogens with zero attached hydrogens (tertiary/aromatic N) is 1. The van der Waals surface area contributed by atoms with Crippen LogP contribution in [-0.2, 0) is 9.59 Å². The number of carbonyl (C=O) groups excluding carboxylic acids is 2. The van der Waals surface area contributed by atoms with Gasteiger partial charge in [0.2, 0.25) is 5.91 Å². The van der Waals surface area contributed by atoms with E-state index < -0.39 is 0 Å². The Morgan fingerprint density at radius 1 is 1.00 bits per heavy atom.